The summed E-state index contributed by atoms with van der Waals surface area (Å²) >= 11 is 0. The Morgan fingerprint density at radius 2 is 1.30 bits per heavy atom. The van der Waals surface area contributed by atoms with Crippen LogP contribution in [-0.4, -0.2) is 67.0 Å². The van der Waals surface area contributed by atoms with Crippen LogP contribution in [-0.2, 0) is 14.3 Å². The highest BCUT2D eigenvalue weighted by Gasteiger charge is 2.42. The highest BCUT2D eigenvalue weighted by Crippen LogP contribution is 2.42. The molecule has 0 aromatic carbocycles. The van der Waals surface area contributed by atoms with Crippen LogP contribution in [0, 0.1) is 23.7 Å². The molecule has 2 atom stereocenters. The molecule has 0 spiro atoms. The number of fused-ring (bicyclic) bond motifs is 2. The maximum absolute atomic E-state index is 13.0. The van der Waals surface area contributed by atoms with Gasteiger partial charge < -0.3 is 20.3 Å². The average Bonchev–Trinajstić information content (AvgIpc) is 2.67. The first-order chi connectivity index (χ1) is 12.6. The van der Waals surface area contributed by atoms with Crippen molar-refractivity contribution in [2.45, 2.75) is 51.0 Å². The lowest BCUT2D eigenvalue weighted by Crippen LogP contribution is -2.52. The molecule has 0 radical (unpaired) electrons. The fraction of sp³-hybridized carbons (Fsp3) is 0.900. The van der Waals surface area contributed by atoms with E-state index >= 15 is 0 Å². The molecule has 27 heavy (non-hydrogen) atoms. The largest absolute Gasteiger partial charge is 0.378 e. The van der Waals surface area contributed by atoms with E-state index < -0.39 is 0 Å². The molecule has 2 bridgehead atoms. The second kappa shape index (κ2) is 9.10. The van der Waals surface area contributed by atoms with Gasteiger partial charge in [-0.2, -0.15) is 0 Å². The molecule has 2 heterocycles. The number of rotatable bonds is 2. The van der Waals surface area contributed by atoms with Gasteiger partial charge in [-0.05, 0) is 50.4 Å². The fourth-order valence-electron chi connectivity index (χ4n) is 5.64. The normalized spacial score (nSPS) is 34.7. The number of likely N-dealkylation sites (tertiary alicyclic amines) is 1. The molecule has 4 fully saturated rings. The third-order valence-corrected chi connectivity index (χ3v) is 7.24. The molecular formula is C20H34ClN3O3. The Hall–Kier alpha value is -0.850. The summed E-state index contributed by atoms with van der Waals surface area (Å²) in [7, 11) is 0. The van der Waals surface area contributed by atoms with Crippen molar-refractivity contribution in [1.29, 1.82) is 0 Å². The molecule has 7 heteroatoms. The molecule has 2 N–H and O–H groups in total. The zero-order valence-corrected chi connectivity index (χ0v) is 17.0. The van der Waals surface area contributed by atoms with Crippen LogP contribution < -0.4 is 5.73 Å². The number of carbonyl (C=O) groups is 2. The molecule has 2 unspecified atom stereocenters. The summed E-state index contributed by atoms with van der Waals surface area (Å²) in [6.07, 6.45) is 7.22. The monoisotopic (exact) mass is 399 g/mol. The molecule has 2 aliphatic carbocycles. The predicted octanol–water partition coefficient (Wildman–Crippen LogP) is 1.66. The van der Waals surface area contributed by atoms with Gasteiger partial charge in [-0.3, -0.25) is 9.59 Å². The molecule has 2 saturated carbocycles. The van der Waals surface area contributed by atoms with E-state index in [1.54, 1.807) is 0 Å². The van der Waals surface area contributed by atoms with E-state index in [2.05, 4.69) is 0 Å². The van der Waals surface area contributed by atoms with Crippen LogP contribution in [0.3, 0.4) is 0 Å². The second-order valence-electron chi connectivity index (χ2n) is 8.73. The Balaban J connectivity index is 0.00000210. The van der Waals surface area contributed by atoms with Crippen LogP contribution in [0.4, 0.5) is 0 Å². The molecule has 6 nitrogen and oxygen atoms in total. The number of carbonyl (C=O) groups excluding carboxylic acids is 2. The van der Waals surface area contributed by atoms with E-state index in [0.717, 1.165) is 38.8 Å². The molecule has 0 aromatic heterocycles. The van der Waals surface area contributed by atoms with Crippen molar-refractivity contribution in [3.05, 3.63) is 0 Å². The molecule has 4 rings (SSSR count). The van der Waals surface area contributed by atoms with E-state index in [9.17, 15) is 9.59 Å². The first-order valence-electron chi connectivity index (χ1n) is 10.5. The number of morpholine rings is 1. The maximum Gasteiger partial charge on any atom is 0.225 e. The van der Waals surface area contributed by atoms with Crippen molar-refractivity contribution in [3.63, 3.8) is 0 Å². The first-order valence-corrected chi connectivity index (χ1v) is 10.5. The van der Waals surface area contributed by atoms with Gasteiger partial charge >= 0.3 is 0 Å². The molecule has 2 aliphatic heterocycles. The van der Waals surface area contributed by atoms with Crippen LogP contribution >= 0.6 is 12.4 Å². The number of nitrogens with two attached hydrogens (primary N) is 1. The summed E-state index contributed by atoms with van der Waals surface area (Å²) in [5, 5.41) is 0. The number of amides is 2. The maximum atomic E-state index is 13.0. The van der Waals surface area contributed by atoms with Crippen LogP contribution in [0.5, 0.6) is 0 Å². The lowest BCUT2D eigenvalue weighted by molar-refractivity contribution is -0.146. The number of halogens is 1. The minimum absolute atomic E-state index is 0. The first kappa shape index (κ1) is 20.9. The summed E-state index contributed by atoms with van der Waals surface area (Å²) in [5.41, 5.74) is 6.37. The van der Waals surface area contributed by atoms with E-state index in [0.29, 0.717) is 50.1 Å². The van der Waals surface area contributed by atoms with Gasteiger partial charge in [-0.25, -0.2) is 0 Å². The van der Waals surface area contributed by atoms with E-state index in [4.69, 9.17) is 10.5 Å². The van der Waals surface area contributed by atoms with Crippen LogP contribution in [0.2, 0.25) is 0 Å². The Kier molecular flexibility index (Phi) is 7.03. The summed E-state index contributed by atoms with van der Waals surface area (Å²) in [4.78, 5) is 29.7. The van der Waals surface area contributed by atoms with Crippen molar-refractivity contribution in [3.8, 4) is 0 Å². The lowest BCUT2D eigenvalue weighted by atomic mass is 9.65. The third kappa shape index (κ3) is 4.43. The van der Waals surface area contributed by atoms with Crippen molar-refractivity contribution >= 4 is 24.2 Å². The molecule has 2 amide bonds. The van der Waals surface area contributed by atoms with Gasteiger partial charge in [-0.1, -0.05) is 6.42 Å². The van der Waals surface area contributed by atoms with E-state index in [-0.39, 0.29) is 30.2 Å². The quantitative estimate of drug-likeness (QED) is 0.766. The minimum atomic E-state index is 0. The zero-order chi connectivity index (χ0) is 18.1. The van der Waals surface area contributed by atoms with E-state index in [1.165, 1.54) is 19.3 Å². The average molecular weight is 400 g/mol. The van der Waals surface area contributed by atoms with Gasteiger partial charge in [0.2, 0.25) is 11.8 Å². The standard InChI is InChI=1S/C20H33N3O3.ClH/c21-18-15-2-1-3-16(18)13-17(12-15)20(25)22-6-4-14(5-7-22)19(24)23-8-10-26-11-9-23;/h14-18H,1-13,21H2;1H. The van der Waals surface area contributed by atoms with Crippen LogP contribution in [0.15, 0.2) is 0 Å². The second-order valence-corrected chi connectivity index (χ2v) is 8.73. The van der Waals surface area contributed by atoms with Crippen molar-refractivity contribution in [1.82, 2.24) is 9.80 Å². The molecule has 4 aliphatic rings. The van der Waals surface area contributed by atoms with Gasteiger partial charge in [-0.15, -0.1) is 12.4 Å². The summed E-state index contributed by atoms with van der Waals surface area (Å²) in [6, 6.07) is 0.310. The molecular weight excluding hydrogens is 366 g/mol. The van der Waals surface area contributed by atoms with Gasteiger partial charge in [0.05, 0.1) is 13.2 Å². The Morgan fingerprint density at radius 3 is 1.89 bits per heavy atom. The summed E-state index contributed by atoms with van der Waals surface area (Å²) < 4.78 is 5.34. The Morgan fingerprint density at radius 1 is 0.778 bits per heavy atom. The summed E-state index contributed by atoms with van der Waals surface area (Å²) in [5.74, 6) is 1.91. The minimum Gasteiger partial charge on any atom is -0.378 e. The molecule has 0 aromatic rings. The molecule has 2 saturated heterocycles. The number of nitrogens with zero attached hydrogens (tertiary/aromatic N) is 2. The lowest BCUT2D eigenvalue weighted by Gasteiger charge is -2.45. The van der Waals surface area contributed by atoms with Gasteiger partial charge in [0, 0.05) is 44.1 Å². The van der Waals surface area contributed by atoms with Crippen molar-refractivity contribution in [2.24, 2.45) is 29.4 Å². The van der Waals surface area contributed by atoms with Crippen LogP contribution in [0.25, 0.3) is 0 Å². The Bertz CT molecular complexity index is 519. The SMILES string of the molecule is Cl.NC1C2CCCC1CC(C(=O)N1CCC(C(=O)N3CCOCC3)CC1)C2. The third-order valence-electron chi connectivity index (χ3n) is 7.24. The smallest absolute Gasteiger partial charge is 0.225 e. The molecule has 154 valence electrons. The van der Waals surface area contributed by atoms with Crippen molar-refractivity contribution in [2.75, 3.05) is 39.4 Å². The van der Waals surface area contributed by atoms with Crippen molar-refractivity contribution < 1.29 is 14.3 Å². The Labute approximate surface area is 168 Å². The highest BCUT2D eigenvalue weighted by molar-refractivity contribution is 5.85. The number of piperidine rings is 1. The van der Waals surface area contributed by atoms with Crippen LogP contribution in [0.1, 0.15) is 44.9 Å². The number of hydrogen-bond acceptors (Lipinski definition) is 4. The summed E-state index contributed by atoms with van der Waals surface area (Å²) in [6.45, 7) is 4.19. The topological polar surface area (TPSA) is 75.9 Å². The predicted molar refractivity (Wildman–Crippen MR) is 105 cm³/mol. The zero-order valence-electron chi connectivity index (χ0n) is 16.2. The van der Waals surface area contributed by atoms with Gasteiger partial charge in [0.15, 0.2) is 0 Å². The fourth-order valence-corrected chi connectivity index (χ4v) is 5.64. The number of hydrogen-bond donors (Lipinski definition) is 1. The van der Waals surface area contributed by atoms with Gasteiger partial charge in [0.25, 0.3) is 0 Å². The van der Waals surface area contributed by atoms with E-state index in [1.807, 2.05) is 9.80 Å². The highest BCUT2D eigenvalue weighted by atomic mass is 35.5. The number of ether oxygens (including phenoxy) is 1. The van der Waals surface area contributed by atoms with Gasteiger partial charge in [0.1, 0.15) is 0 Å².